The molecule has 1 aliphatic heterocycles. The summed E-state index contributed by atoms with van der Waals surface area (Å²) < 4.78 is 31.5. The maximum absolute atomic E-state index is 13.0. The molecule has 0 bridgehead atoms. The number of amides is 1. The number of benzene rings is 2. The monoisotopic (exact) mass is 522 g/mol. The van der Waals surface area contributed by atoms with Gasteiger partial charge in [0.2, 0.25) is 15.0 Å². The van der Waals surface area contributed by atoms with Crippen molar-refractivity contribution in [3.8, 4) is 23.1 Å². The fraction of sp³-hybridized carbons (Fsp3) is 0.370. The lowest BCUT2D eigenvalue weighted by Crippen LogP contribution is -2.38. The van der Waals surface area contributed by atoms with Crippen molar-refractivity contribution in [3.05, 3.63) is 65.4 Å². The smallest absolute Gasteiger partial charge is 0.251 e. The highest BCUT2D eigenvalue weighted by molar-refractivity contribution is 7.91. The first kappa shape index (κ1) is 26.4. The van der Waals surface area contributed by atoms with Crippen LogP contribution in [0.2, 0.25) is 0 Å². The third kappa shape index (κ3) is 6.18. The number of aryl methyl sites for hydroxylation is 1. The van der Waals surface area contributed by atoms with Gasteiger partial charge in [-0.1, -0.05) is 24.3 Å². The lowest BCUT2D eigenvalue weighted by atomic mass is 9.99. The number of hydrogen-bond donors (Lipinski definition) is 2. The quantitative estimate of drug-likeness (QED) is 0.441. The van der Waals surface area contributed by atoms with Crippen molar-refractivity contribution in [2.75, 3.05) is 5.75 Å². The Balaban J connectivity index is 1.47. The average Bonchev–Trinajstić information content (AvgIpc) is 3.39. The highest BCUT2D eigenvalue weighted by Gasteiger charge is 2.29. The van der Waals surface area contributed by atoms with Crippen LogP contribution in [-0.4, -0.2) is 53.0 Å². The zero-order chi connectivity index (χ0) is 26.7. The fourth-order valence-electron chi connectivity index (χ4n) is 4.34. The summed E-state index contributed by atoms with van der Waals surface area (Å²) in [6, 6.07) is 14.0. The lowest BCUT2D eigenvalue weighted by Gasteiger charge is -2.21. The van der Waals surface area contributed by atoms with Crippen molar-refractivity contribution in [3.63, 3.8) is 0 Å². The molecule has 2 aromatic carbocycles. The molecule has 2 heterocycles. The Morgan fingerprint density at radius 2 is 1.95 bits per heavy atom. The molecule has 0 spiro atoms. The van der Waals surface area contributed by atoms with Crippen LogP contribution in [0.15, 0.2) is 53.8 Å². The summed E-state index contributed by atoms with van der Waals surface area (Å²) in [6.45, 7) is 5.80. The van der Waals surface area contributed by atoms with E-state index in [0.29, 0.717) is 36.4 Å². The van der Waals surface area contributed by atoms with E-state index < -0.39 is 15.9 Å². The zero-order valence-corrected chi connectivity index (χ0v) is 21.8. The molecule has 0 saturated carbocycles. The van der Waals surface area contributed by atoms with E-state index in [0.717, 1.165) is 11.1 Å². The standard InChI is InChI=1S/C27H30N4O5S/c1-17(2)36-25-9-8-21(14-22(25)15-28)26(33)29-23(12-18(3)32)13-19-4-6-20(7-5-19)24-16-31-10-11-37(34,35)27(31)30-24/h4-9,14,16-18,23,32H,10-13H2,1-3H3,(H,29,33)/t18-,23?/m0/s1. The number of fused-ring (bicyclic) bond motifs is 1. The Hall–Kier alpha value is -3.68. The number of aromatic nitrogens is 2. The summed E-state index contributed by atoms with van der Waals surface area (Å²) in [7, 11) is -3.31. The van der Waals surface area contributed by atoms with Gasteiger partial charge < -0.3 is 19.7 Å². The summed E-state index contributed by atoms with van der Waals surface area (Å²) in [5, 5.41) is 22.6. The van der Waals surface area contributed by atoms with Crippen LogP contribution >= 0.6 is 0 Å². The number of carbonyl (C=O) groups is 1. The van der Waals surface area contributed by atoms with Crippen molar-refractivity contribution >= 4 is 15.7 Å². The minimum atomic E-state index is -3.31. The molecule has 1 aliphatic rings. The number of carbonyl (C=O) groups excluding carboxylic acids is 1. The van der Waals surface area contributed by atoms with Gasteiger partial charge in [-0.15, -0.1) is 0 Å². The molecule has 2 atom stereocenters. The summed E-state index contributed by atoms with van der Waals surface area (Å²) in [4.78, 5) is 17.3. The Labute approximate surface area is 216 Å². The van der Waals surface area contributed by atoms with Crippen LogP contribution in [0, 0.1) is 11.3 Å². The Bertz CT molecular complexity index is 1440. The minimum absolute atomic E-state index is 0.0820. The topological polar surface area (TPSA) is 134 Å². The minimum Gasteiger partial charge on any atom is -0.490 e. The van der Waals surface area contributed by atoms with E-state index in [1.807, 2.05) is 38.1 Å². The molecular weight excluding hydrogens is 492 g/mol. The molecule has 0 saturated heterocycles. The third-order valence-electron chi connectivity index (χ3n) is 6.04. The molecule has 0 radical (unpaired) electrons. The van der Waals surface area contributed by atoms with Crippen LogP contribution < -0.4 is 10.1 Å². The van der Waals surface area contributed by atoms with Crippen LogP contribution in [0.4, 0.5) is 0 Å². The first-order valence-electron chi connectivity index (χ1n) is 12.1. The molecule has 0 fully saturated rings. The number of aliphatic hydroxyl groups excluding tert-OH is 1. The highest BCUT2D eigenvalue weighted by atomic mass is 32.2. The molecule has 3 aromatic rings. The van der Waals surface area contributed by atoms with E-state index >= 15 is 0 Å². The normalized spacial score (nSPS) is 15.6. The van der Waals surface area contributed by atoms with Gasteiger partial charge in [0.25, 0.3) is 5.91 Å². The van der Waals surface area contributed by atoms with Gasteiger partial charge in [0.15, 0.2) is 0 Å². The van der Waals surface area contributed by atoms with Crippen LogP contribution in [0.1, 0.15) is 48.7 Å². The lowest BCUT2D eigenvalue weighted by molar-refractivity contribution is 0.0917. The van der Waals surface area contributed by atoms with E-state index in [2.05, 4.69) is 16.4 Å². The van der Waals surface area contributed by atoms with Crippen molar-refractivity contribution in [1.29, 1.82) is 5.26 Å². The number of imidazole rings is 1. The molecule has 10 heteroatoms. The second kappa shape index (κ2) is 10.7. The predicted octanol–water partition coefficient (Wildman–Crippen LogP) is 3.11. The van der Waals surface area contributed by atoms with E-state index in [1.54, 1.807) is 29.8 Å². The Morgan fingerprint density at radius 3 is 2.57 bits per heavy atom. The van der Waals surface area contributed by atoms with Crippen LogP contribution in [-0.2, 0) is 22.8 Å². The molecule has 0 aliphatic carbocycles. The van der Waals surface area contributed by atoms with E-state index in [-0.39, 0.29) is 34.5 Å². The molecule has 2 N–H and O–H groups in total. The molecule has 1 unspecified atom stereocenters. The van der Waals surface area contributed by atoms with Crippen LogP contribution in [0.25, 0.3) is 11.3 Å². The van der Waals surface area contributed by atoms with Crippen LogP contribution in [0.3, 0.4) is 0 Å². The average molecular weight is 523 g/mol. The molecule has 37 heavy (non-hydrogen) atoms. The molecule has 4 rings (SSSR count). The van der Waals surface area contributed by atoms with Gasteiger partial charge in [0, 0.05) is 29.9 Å². The van der Waals surface area contributed by atoms with Gasteiger partial charge >= 0.3 is 0 Å². The van der Waals surface area contributed by atoms with E-state index in [1.165, 1.54) is 6.07 Å². The van der Waals surface area contributed by atoms with Gasteiger partial charge in [-0.3, -0.25) is 4.79 Å². The van der Waals surface area contributed by atoms with Crippen LogP contribution in [0.5, 0.6) is 5.75 Å². The van der Waals surface area contributed by atoms with Gasteiger partial charge in [0.05, 0.1) is 29.2 Å². The molecule has 1 amide bonds. The second-order valence-electron chi connectivity index (χ2n) is 9.57. The first-order chi connectivity index (χ1) is 17.6. The number of nitrogens with zero attached hydrogens (tertiary/aromatic N) is 3. The number of rotatable bonds is 9. The van der Waals surface area contributed by atoms with Gasteiger partial charge in [0.1, 0.15) is 11.8 Å². The maximum atomic E-state index is 13.0. The summed E-state index contributed by atoms with van der Waals surface area (Å²) in [5.74, 6) is 0.164. The zero-order valence-electron chi connectivity index (χ0n) is 21.0. The molecule has 1 aromatic heterocycles. The van der Waals surface area contributed by atoms with Crippen molar-refractivity contribution in [1.82, 2.24) is 14.9 Å². The maximum Gasteiger partial charge on any atom is 0.251 e. The van der Waals surface area contributed by atoms with E-state index in [9.17, 15) is 23.6 Å². The second-order valence-corrected chi connectivity index (χ2v) is 11.6. The van der Waals surface area contributed by atoms with Gasteiger partial charge in [-0.05, 0) is 57.4 Å². The van der Waals surface area contributed by atoms with E-state index in [4.69, 9.17) is 4.74 Å². The number of hydrogen-bond acceptors (Lipinski definition) is 7. The largest absolute Gasteiger partial charge is 0.490 e. The third-order valence-corrected chi connectivity index (χ3v) is 7.64. The summed E-state index contributed by atoms with van der Waals surface area (Å²) in [5.41, 5.74) is 2.94. The number of nitriles is 1. The first-order valence-corrected chi connectivity index (χ1v) is 13.8. The Kier molecular flexibility index (Phi) is 7.66. The number of sulfone groups is 1. The number of nitrogens with one attached hydrogen (secondary N) is 1. The van der Waals surface area contributed by atoms with Gasteiger partial charge in [-0.2, -0.15) is 5.26 Å². The Morgan fingerprint density at radius 1 is 1.22 bits per heavy atom. The number of ether oxygens (including phenoxy) is 1. The number of aliphatic hydroxyl groups is 1. The summed E-state index contributed by atoms with van der Waals surface area (Å²) in [6.07, 6.45) is 1.84. The summed E-state index contributed by atoms with van der Waals surface area (Å²) >= 11 is 0. The SMILES string of the molecule is CC(C)Oc1ccc(C(=O)NC(Cc2ccc(-c3cn4c(n3)S(=O)(=O)CC4)cc2)C[C@H](C)O)cc1C#N. The highest BCUT2D eigenvalue weighted by Crippen LogP contribution is 2.26. The fourth-order valence-corrected chi connectivity index (χ4v) is 5.70. The van der Waals surface area contributed by atoms with Crippen molar-refractivity contribution in [2.45, 2.75) is 63.6 Å². The molecular formula is C27H30N4O5S. The van der Waals surface area contributed by atoms with Gasteiger partial charge in [-0.25, -0.2) is 13.4 Å². The van der Waals surface area contributed by atoms with Crippen molar-refractivity contribution < 1.29 is 23.1 Å². The molecule has 9 nitrogen and oxygen atoms in total. The van der Waals surface area contributed by atoms with Crippen molar-refractivity contribution in [2.24, 2.45) is 0 Å². The predicted molar refractivity (Wildman–Crippen MR) is 138 cm³/mol. The molecule has 194 valence electrons.